The molecule has 1 unspecified atom stereocenters. The lowest BCUT2D eigenvalue weighted by Gasteiger charge is -2.11. The molecule has 0 heterocycles. The van der Waals surface area contributed by atoms with Crippen molar-refractivity contribution >= 4 is 5.78 Å². The Morgan fingerprint density at radius 1 is 0.800 bits per heavy atom. The lowest BCUT2D eigenvalue weighted by molar-refractivity contribution is -0.127. The number of carbonyl (C=O) groups is 1. The number of Topliss-reactive ketones (excluding diaryl/α,β-unsaturated/α-hetero) is 1. The number of ether oxygens (including phenoxy) is 1. The molecule has 0 aliphatic heterocycles. The van der Waals surface area contributed by atoms with Crippen molar-refractivity contribution in [1.82, 2.24) is 0 Å². The van der Waals surface area contributed by atoms with Gasteiger partial charge in [0, 0.05) is 7.11 Å². The van der Waals surface area contributed by atoms with Gasteiger partial charge in [0.25, 0.3) is 0 Å². The Bertz CT molecular complexity index is 213. The van der Waals surface area contributed by atoms with Crippen LogP contribution in [0.5, 0.6) is 0 Å². The summed E-state index contributed by atoms with van der Waals surface area (Å²) in [5.74, 6) is 0.163. The van der Waals surface area contributed by atoms with Gasteiger partial charge >= 0.3 is 0 Å². The molecule has 0 saturated heterocycles. The molecule has 0 rings (SSSR count). The number of unbranched alkanes of at least 4 members (excludes halogenated alkanes) is 11. The Morgan fingerprint density at radius 2 is 1.20 bits per heavy atom. The van der Waals surface area contributed by atoms with Crippen molar-refractivity contribution in [3.63, 3.8) is 0 Å². The van der Waals surface area contributed by atoms with Crippen LogP contribution < -0.4 is 0 Å². The van der Waals surface area contributed by atoms with E-state index in [1.165, 1.54) is 70.6 Å². The molecule has 0 amide bonds. The summed E-state index contributed by atoms with van der Waals surface area (Å²) in [6.07, 6.45) is 17.0. The summed E-state index contributed by atoms with van der Waals surface area (Å²) < 4.78 is 5.16. The number of carbonyl (C=O) groups excluding carboxylic acids is 1. The number of methoxy groups -OCH3 is 1. The average molecular weight is 284 g/mol. The van der Waals surface area contributed by atoms with E-state index in [9.17, 15) is 4.79 Å². The lowest BCUT2D eigenvalue weighted by atomic mass is 10.0. The zero-order valence-electron chi connectivity index (χ0n) is 14.1. The van der Waals surface area contributed by atoms with Gasteiger partial charge in [0.15, 0.2) is 5.78 Å². The summed E-state index contributed by atoms with van der Waals surface area (Å²) in [7, 11) is 1.63. The predicted molar refractivity (Wildman–Crippen MR) is 87.2 cm³/mol. The topological polar surface area (TPSA) is 26.3 Å². The second-order valence-corrected chi connectivity index (χ2v) is 6.01. The highest BCUT2D eigenvalue weighted by Crippen LogP contribution is 2.13. The van der Waals surface area contributed by atoms with E-state index in [1.807, 2.05) is 0 Å². The molecule has 0 spiro atoms. The standard InChI is InChI=1S/C18H36O2/c1-4-5-6-7-8-9-10-11-12-13-14-15-16-18(20-3)17(2)19/h18H,4-16H2,1-3H3. The van der Waals surface area contributed by atoms with E-state index >= 15 is 0 Å². The van der Waals surface area contributed by atoms with E-state index in [0.717, 1.165) is 12.8 Å². The van der Waals surface area contributed by atoms with E-state index in [4.69, 9.17) is 4.74 Å². The zero-order valence-corrected chi connectivity index (χ0v) is 14.1. The Morgan fingerprint density at radius 3 is 1.55 bits per heavy atom. The van der Waals surface area contributed by atoms with Crippen molar-refractivity contribution in [3.05, 3.63) is 0 Å². The summed E-state index contributed by atoms with van der Waals surface area (Å²) >= 11 is 0. The first-order chi connectivity index (χ1) is 9.72. The van der Waals surface area contributed by atoms with Crippen LogP contribution in [-0.4, -0.2) is 19.0 Å². The highest BCUT2D eigenvalue weighted by atomic mass is 16.5. The minimum atomic E-state index is -0.168. The maximum atomic E-state index is 11.2. The van der Waals surface area contributed by atoms with E-state index in [2.05, 4.69) is 6.92 Å². The molecule has 0 aliphatic rings. The van der Waals surface area contributed by atoms with Crippen LogP contribution in [0.2, 0.25) is 0 Å². The van der Waals surface area contributed by atoms with Gasteiger partial charge in [0.05, 0.1) is 0 Å². The molecule has 0 aromatic rings. The summed E-state index contributed by atoms with van der Waals surface area (Å²) in [6, 6.07) is 0. The minimum Gasteiger partial charge on any atom is -0.374 e. The molecule has 20 heavy (non-hydrogen) atoms. The molecular weight excluding hydrogens is 248 g/mol. The molecule has 2 nitrogen and oxygen atoms in total. The van der Waals surface area contributed by atoms with Gasteiger partial charge in [-0.3, -0.25) is 4.79 Å². The van der Waals surface area contributed by atoms with Crippen molar-refractivity contribution in [2.45, 2.75) is 103 Å². The van der Waals surface area contributed by atoms with Crippen LogP contribution in [0.15, 0.2) is 0 Å². The lowest BCUT2D eigenvalue weighted by Crippen LogP contribution is -2.19. The molecule has 2 heteroatoms. The Labute approximate surface area is 126 Å². The normalized spacial score (nSPS) is 12.6. The SMILES string of the molecule is CCCCCCCCCCCCCCC(OC)C(C)=O. The number of ketones is 1. The summed E-state index contributed by atoms with van der Waals surface area (Å²) in [5, 5.41) is 0. The largest absolute Gasteiger partial charge is 0.374 e. The molecule has 0 aromatic carbocycles. The van der Waals surface area contributed by atoms with E-state index in [-0.39, 0.29) is 11.9 Å². The van der Waals surface area contributed by atoms with Gasteiger partial charge in [-0.15, -0.1) is 0 Å². The van der Waals surface area contributed by atoms with E-state index < -0.39 is 0 Å². The second-order valence-electron chi connectivity index (χ2n) is 6.01. The Kier molecular flexibility index (Phi) is 14.7. The van der Waals surface area contributed by atoms with Gasteiger partial charge in [-0.1, -0.05) is 84.0 Å². The molecule has 0 aliphatic carbocycles. The summed E-state index contributed by atoms with van der Waals surface area (Å²) in [4.78, 5) is 11.2. The van der Waals surface area contributed by atoms with Gasteiger partial charge in [0.2, 0.25) is 0 Å². The maximum absolute atomic E-state index is 11.2. The summed E-state index contributed by atoms with van der Waals surface area (Å²) in [6.45, 7) is 3.89. The highest BCUT2D eigenvalue weighted by Gasteiger charge is 2.11. The third kappa shape index (κ3) is 12.7. The second kappa shape index (κ2) is 15.0. The average Bonchev–Trinajstić information content (AvgIpc) is 2.43. The van der Waals surface area contributed by atoms with Gasteiger partial charge in [-0.05, 0) is 13.3 Å². The van der Waals surface area contributed by atoms with Crippen LogP contribution in [0.1, 0.15) is 97.3 Å². The van der Waals surface area contributed by atoms with Crippen LogP contribution >= 0.6 is 0 Å². The summed E-state index contributed by atoms with van der Waals surface area (Å²) in [5.41, 5.74) is 0. The first-order valence-corrected chi connectivity index (χ1v) is 8.75. The smallest absolute Gasteiger partial charge is 0.158 e. The molecule has 0 fully saturated rings. The molecule has 0 N–H and O–H groups in total. The highest BCUT2D eigenvalue weighted by molar-refractivity contribution is 5.80. The number of hydrogen-bond donors (Lipinski definition) is 0. The van der Waals surface area contributed by atoms with Crippen molar-refractivity contribution in [1.29, 1.82) is 0 Å². The van der Waals surface area contributed by atoms with Crippen LogP contribution in [-0.2, 0) is 9.53 Å². The Balaban J connectivity index is 3.15. The minimum absolute atomic E-state index is 0.163. The van der Waals surface area contributed by atoms with E-state index in [1.54, 1.807) is 14.0 Å². The predicted octanol–water partition coefficient (Wildman–Crippen LogP) is 5.68. The van der Waals surface area contributed by atoms with Gasteiger partial charge in [0.1, 0.15) is 6.10 Å². The van der Waals surface area contributed by atoms with Gasteiger partial charge < -0.3 is 4.74 Å². The zero-order chi connectivity index (χ0) is 15.1. The van der Waals surface area contributed by atoms with Crippen molar-refractivity contribution in [2.24, 2.45) is 0 Å². The fourth-order valence-corrected chi connectivity index (χ4v) is 2.66. The van der Waals surface area contributed by atoms with Crippen LogP contribution in [0, 0.1) is 0 Å². The third-order valence-electron chi connectivity index (χ3n) is 4.06. The first-order valence-electron chi connectivity index (χ1n) is 8.75. The van der Waals surface area contributed by atoms with E-state index in [0.29, 0.717) is 0 Å². The van der Waals surface area contributed by atoms with Gasteiger partial charge in [-0.25, -0.2) is 0 Å². The fraction of sp³-hybridized carbons (Fsp3) is 0.944. The van der Waals surface area contributed by atoms with Gasteiger partial charge in [-0.2, -0.15) is 0 Å². The molecule has 0 aromatic heterocycles. The molecule has 0 saturated carbocycles. The number of rotatable bonds is 15. The molecule has 0 bridgehead atoms. The number of hydrogen-bond acceptors (Lipinski definition) is 2. The molecule has 120 valence electrons. The van der Waals surface area contributed by atoms with Crippen LogP contribution in [0.3, 0.4) is 0 Å². The first kappa shape index (κ1) is 19.6. The monoisotopic (exact) mass is 284 g/mol. The Hall–Kier alpha value is -0.370. The quantitative estimate of drug-likeness (QED) is 0.361. The van der Waals surface area contributed by atoms with Crippen molar-refractivity contribution in [2.75, 3.05) is 7.11 Å². The molecule has 0 radical (unpaired) electrons. The van der Waals surface area contributed by atoms with Crippen LogP contribution in [0.4, 0.5) is 0 Å². The maximum Gasteiger partial charge on any atom is 0.158 e. The van der Waals surface area contributed by atoms with Crippen molar-refractivity contribution < 1.29 is 9.53 Å². The fourth-order valence-electron chi connectivity index (χ4n) is 2.66. The molecular formula is C18H36O2. The van der Waals surface area contributed by atoms with Crippen LogP contribution in [0.25, 0.3) is 0 Å². The molecule has 1 atom stereocenters. The van der Waals surface area contributed by atoms with Crippen molar-refractivity contribution in [3.8, 4) is 0 Å². The third-order valence-corrected chi connectivity index (χ3v) is 4.06.